The van der Waals surface area contributed by atoms with Crippen LogP contribution in [0.3, 0.4) is 0 Å². The van der Waals surface area contributed by atoms with E-state index in [0.717, 1.165) is 0 Å². The second kappa shape index (κ2) is 5.41. The summed E-state index contributed by atoms with van der Waals surface area (Å²) >= 11 is 0. The lowest BCUT2D eigenvalue weighted by molar-refractivity contribution is 0.0847. The molecular weight excluding hydrogens is 270 g/mol. The summed E-state index contributed by atoms with van der Waals surface area (Å²) in [5.41, 5.74) is 5.85. The van der Waals surface area contributed by atoms with Crippen LogP contribution in [0.25, 0.3) is 5.65 Å². The van der Waals surface area contributed by atoms with Crippen molar-refractivity contribution < 1.29 is 9.59 Å². The Hall–Kier alpha value is -3.22. The number of hydrogen-bond donors (Lipinski definition) is 2. The molecule has 0 aliphatic heterocycles. The first-order valence-electron chi connectivity index (χ1n) is 6.20. The number of aromatic nitrogens is 3. The van der Waals surface area contributed by atoms with Crippen molar-refractivity contribution in [3.63, 3.8) is 0 Å². The normalized spacial score (nSPS) is 10.3. The third kappa shape index (κ3) is 2.57. The summed E-state index contributed by atoms with van der Waals surface area (Å²) in [6, 6.07) is 10.3. The molecule has 0 aliphatic carbocycles. The van der Waals surface area contributed by atoms with Crippen LogP contribution in [-0.2, 0) is 0 Å². The van der Waals surface area contributed by atoms with Gasteiger partial charge in [-0.1, -0.05) is 18.2 Å². The van der Waals surface area contributed by atoms with Crippen molar-refractivity contribution in [3.8, 4) is 0 Å². The first-order chi connectivity index (χ1) is 10.3. The topological polar surface area (TPSA) is 88.4 Å². The van der Waals surface area contributed by atoms with Crippen LogP contribution < -0.4 is 10.9 Å². The molecule has 0 radical (unpaired) electrons. The summed E-state index contributed by atoms with van der Waals surface area (Å²) < 4.78 is 1.48. The van der Waals surface area contributed by atoms with Crippen LogP contribution >= 0.6 is 0 Å². The number of nitrogens with zero attached hydrogens (tertiary/aromatic N) is 3. The van der Waals surface area contributed by atoms with Crippen molar-refractivity contribution in [1.82, 2.24) is 25.4 Å². The maximum atomic E-state index is 12.0. The lowest BCUT2D eigenvalue weighted by Gasteiger charge is -2.06. The van der Waals surface area contributed by atoms with E-state index in [4.69, 9.17) is 0 Å². The van der Waals surface area contributed by atoms with E-state index in [1.54, 1.807) is 48.8 Å². The SMILES string of the molecule is O=C(NNC(=O)c1cnn2cccnc12)c1ccccc1. The van der Waals surface area contributed by atoms with Crippen LogP contribution in [0.1, 0.15) is 20.7 Å². The summed E-state index contributed by atoms with van der Waals surface area (Å²) in [5.74, 6) is -0.874. The van der Waals surface area contributed by atoms with E-state index >= 15 is 0 Å². The Morgan fingerprint density at radius 3 is 2.57 bits per heavy atom. The van der Waals surface area contributed by atoms with E-state index in [2.05, 4.69) is 20.9 Å². The largest absolute Gasteiger partial charge is 0.275 e. The highest BCUT2D eigenvalue weighted by molar-refractivity contribution is 6.02. The van der Waals surface area contributed by atoms with Crippen molar-refractivity contribution in [2.24, 2.45) is 0 Å². The fourth-order valence-corrected chi connectivity index (χ4v) is 1.83. The Bertz CT molecular complexity index is 797. The minimum Gasteiger partial charge on any atom is -0.267 e. The second-order valence-electron chi connectivity index (χ2n) is 4.22. The predicted octanol–water partition coefficient (Wildman–Crippen LogP) is 0.804. The maximum Gasteiger partial charge on any atom is 0.275 e. The Balaban J connectivity index is 1.71. The quantitative estimate of drug-likeness (QED) is 0.680. The molecule has 3 aromatic rings. The van der Waals surface area contributed by atoms with Crippen LogP contribution in [0.4, 0.5) is 0 Å². The van der Waals surface area contributed by atoms with Crippen LogP contribution in [0, 0.1) is 0 Å². The summed E-state index contributed by atoms with van der Waals surface area (Å²) in [6.45, 7) is 0. The molecule has 2 amide bonds. The smallest absolute Gasteiger partial charge is 0.267 e. The average Bonchev–Trinajstić information content (AvgIpc) is 2.97. The molecule has 0 bridgehead atoms. The summed E-state index contributed by atoms with van der Waals surface area (Å²) in [5, 5.41) is 4.01. The number of benzene rings is 1. The van der Waals surface area contributed by atoms with Crippen LogP contribution in [0.2, 0.25) is 0 Å². The zero-order valence-corrected chi connectivity index (χ0v) is 10.9. The zero-order valence-electron chi connectivity index (χ0n) is 10.9. The molecule has 0 fully saturated rings. The van der Waals surface area contributed by atoms with E-state index in [0.29, 0.717) is 11.2 Å². The van der Waals surface area contributed by atoms with Gasteiger partial charge in [0.05, 0.1) is 6.20 Å². The molecule has 7 heteroatoms. The van der Waals surface area contributed by atoms with Crippen molar-refractivity contribution >= 4 is 17.5 Å². The second-order valence-corrected chi connectivity index (χ2v) is 4.22. The number of carbonyl (C=O) groups is 2. The van der Waals surface area contributed by atoms with E-state index in [-0.39, 0.29) is 5.56 Å². The fourth-order valence-electron chi connectivity index (χ4n) is 1.83. The number of hydrazine groups is 1. The van der Waals surface area contributed by atoms with Gasteiger partial charge in [-0.15, -0.1) is 0 Å². The van der Waals surface area contributed by atoms with Gasteiger partial charge in [0.1, 0.15) is 5.56 Å². The molecular formula is C14H11N5O2. The van der Waals surface area contributed by atoms with Gasteiger partial charge >= 0.3 is 0 Å². The third-order valence-electron chi connectivity index (χ3n) is 2.85. The predicted molar refractivity (Wildman–Crippen MR) is 74.4 cm³/mol. The monoisotopic (exact) mass is 281 g/mol. The number of nitrogens with one attached hydrogen (secondary N) is 2. The van der Waals surface area contributed by atoms with Gasteiger partial charge in [-0.05, 0) is 18.2 Å². The van der Waals surface area contributed by atoms with Gasteiger partial charge in [0.15, 0.2) is 5.65 Å². The van der Waals surface area contributed by atoms with Crippen molar-refractivity contribution in [1.29, 1.82) is 0 Å². The summed E-state index contributed by atoms with van der Waals surface area (Å²) in [6.07, 6.45) is 4.64. The number of hydrogen-bond acceptors (Lipinski definition) is 4. The van der Waals surface area contributed by atoms with Gasteiger partial charge in [-0.2, -0.15) is 5.10 Å². The zero-order chi connectivity index (χ0) is 14.7. The van der Waals surface area contributed by atoms with Crippen molar-refractivity contribution in [3.05, 3.63) is 66.1 Å². The minimum atomic E-state index is -0.479. The molecule has 0 spiro atoms. The Labute approximate surface area is 119 Å². The average molecular weight is 281 g/mol. The lowest BCUT2D eigenvalue weighted by Crippen LogP contribution is -2.41. The van der Waals surface area contributed by atoms with E-state index < -0.39 is 11.8 Å². The molecule has 0 unspecified atom stereocenters. The molecule has 0 atom stereocenters. The molecule has 7 nitrogen and oxygen atoms in total. The molecule has 0 saturated carbocycles. The third-order valence-corrected chi connectivity index (χ3v) is 2.85. The highest BCUT2D eigenvalue weighted by Gasteiger charge is 2.14. The Morgan fingerprint density at radius 2 is 1.76 bits per heavy atom. The van der Waals surface area contributed by atoms with E-state index in [1.165, 1.54) is 10.7 Å². The van der Waals surface area contributed by atoms with Crippen molar-refractivity contribution in [2.75, 3.05) is 0 Å². The number of fused-ring (bicyclic) bond motifs is 1. The van der Waals surface area contributed by atoms with Gasteiger partial charge in [0.2, 0.25) is 0 Å². The van der Waals surface area contributed by atoms with Crippen LogP contribution in [0.15, 0.2) is 55.0 Å². The first kappa shape index (κ1) is 12.8. The minimum absolute atomic E-state index is 0.281. The molecule has 0 saturated heterocycles. The number of carbonyl (C=O) groups excluding carboxylic acids is 2. The van der Waals surface area contributed by atoms with Gasteiger partial charge in [0.25, 0.3) is 11.8 Å². The molecule has 2 N–H and O–H groups in total. The molecule has 0 aliphatic rings. The molecule has 2 aromatic heterocycles. The Kier molecular flexibility index (Phi) is 3.30. The van der Waals surface area contributed by atoms with Crippen LogP contribution in [-0.4, -0.2) is 26.4 Å². The molecule has 21 heavy (non-hydrogen) atoms. The standard InChI is InChI=1S/C14H11N5O2/c20-13(10-5-2-1-3-6-10)17-18-14(21)11-9-16-19-8-4-7-15-12(11)19/h1-9H,(H,17,20)(H,18,21). The Morgan fingerprint density at radius 1 is 1.00 bits per heavy atom. The molecule has 1 aromatic carbocycles. The molecule has 104 valence electrons. The van der Waals surface area contributed by atoms with Crippen molar-refractivity contribution in [2.45, 2.75) is 0 Å². The number of rotatable bonds is 2. The summed E-state index contributed by atoms with van der Waals surface area (Å²) in [4.78, 5) is 27.9. The maximum absolute atomic E-state index is 12.0. The van der Waals surface area contributed by atoms with Crippen LogP contribution in [0.5, 0.6) is 0 Å². The molecule has 3 rings (SSSR count). The fraction of sp³-hybridized carbons (Fsp3) is 0. The highest BCUT2D eigenvalue weighted by Crippen LogP contribution is 2.06. The van der Waals surface area contributed by atoms with E-state index in [1.807, 2.05) is 0 Å². The highest BCUT2D eigenvalue weighted by atomic mass is 16.2. The van der Waals surface area contributed by atoms with Gasteiger partial charge < -0.3 is 0 Å². The first-order valence-corrected chi connectivity index (χ1v) is 6.20. The lowest BCUT2D eigenvalue weighted by atomic mass is 10.2. The van der Waals surface area contributed by atoms with Gasteiger partial charge in [0, 0.05) is 18.0 Å². The summed E-state index contributed by atoms with van der Waals surface area (Å²) in [7, 11) is 0. The van der Waals surface area contributed by atoms with Gasteiger partial charge in [-0.3, -0.25) is 20.4 Å². The number of amides is 2. The molecule has 2 heterocycles. The van der Waals surface area contributed by atoms with Gasteiger partial charge in [-0.25, -0.2) is 9.50 Å². The van der Waals surface area contributed by atoms with E-state index in [9.17, 15) is 9.59 Å².